The van der Waals surface area contributed by atoms with Gasteiger partial charge in [-0.05, 0) is 25.2 Å². The molecule has 14 heavy (non-hydrogen) atoms. The van der Waals surface area contributed by atoms with Crippen LogP contribution in [0.4, 0.5) is 0 Å². The summed E-state index contributed by atoms with van der Waals surface area (Å²) in [4.78, 5) is 8.70. The fourth-order valence-electron chi connectivity index (χ4n) is 1.42. The number of rotatable bonds is 1. The van der Waals surface area contributed by atoms with E-state index in [4.69, 9.17) is 0 Å². The van der Waals surface area contributed by atoms with Crippen LogP contribution in [-0.4, -0.2) is 18.5 Å². The van der Waals surface area contributed by atoms with Crippen molar-refractivity contribution >= 4 is 12.4 Å². The Morgan fingerprint density at radius 2 is 2.43 bits per heavy atom. The molecule has 1 atom stereocenters. The molecule has 2 heterocycles. The molecule has 2 aliphatic rings. The summed E-state index contributed by atoms with van der Waals surface area (Å²) in [6.45, 7) is 2.08. The maximum absolute atomic E-state index is 4.38. The first kappa shape index (κ1) is 8.92. The van der Waals surface area contributed by atoms with Crippen LogP contribution in [0.3, 0.4) is 0 Å². The third-order valence-electron chi connectivity index (χ3n) is 2.14. The highest BCUT2D eigenvalue weighted by molar-refractivity contribution is 5.73. The fraction of sp³-hybridized carbons (Fsp3) is 0.250. The van der Waals surface area contributed by atoms with Gasteiger partial charge in [0.1, 0.15) is 6.04 Å². The van der Waals surface area contributed by atoms with Crippen molar-refractivity contribution in [2.45, 2.75) is 19.4 Å². The second kappa shape index (κ2) is 4.03. The first-order valence-electron chi connectivity index (χ1n) is 4.71. The molecule has 1 unspecified atom stereocenters. The first-order chi connectivity index (χ1) is 6.86. The molecule has 70 valence electrons. The lowest BCUT2D eigenvalue weighted by Gasteiger charge is -2.08. The average Bonchev–Trinajstić information content (AvgIpc) is 2.44. The van der Waals surface area contributed by atoms with Gasteiger partial charge in [-0.15, -0.1) is 5.73 Å². The molecular formula is C12H12N2. The van der Waals surface area contributed by atoms with Crippen LogP contribution < -0.4 is 0 Å². The van der Waals surface area contributed by atoms with Crippen LogP contribution in [0.15, 0.2) is 51.3 Å². The Morgan fingerprint density at radius 1 is 1.50 bits per heavy atom. The zero-order valence-electron chi connectivity index (χ0n) is 8.14. The Morgan fingerprint density at radius 3 is 3.21 bits per heavy atom. The molecule has 2 heteroatoms. The predicted octanol–water partition coefficient (Wildman–Crippen LogP) is 2.46. The largest absolute Gasteiger partial charge is 0.278 e. The highest BCUT2D eigenvalue weighted by Crippen LogP contribution is 2.16. The molecule has 2 aliphatic heterocycles. The molecular weight excluding hydrogens is 172 g/mol. The Bertz CT molecular complexity index is 402. The van der Waals surface area contributed by atoms with E-state index in [-0.39, 0.29) is 6.04 Å². The molecule has 0 saturated heterocycles. The van der Waals surface area contributed by atoms with Gasteiger partial charge in [-0.3, -0.25) is 9.98 Å². The van der Waals surface area contributed by atoms with E-state index >= 15 is 0 Å². The van der Waals surface area contributed by atoms with E-state index in [2.05, 4.69) is 34.8 Å². The van der Waals surface area contributed by atoms with Gasteiger partial charge in [-0.2, -0.15) is 0 Å². The number of hydrogen-bond acceptors (Lipinski definition) is 2. The van der Waals surface area contributed by atoms with E-state index in [9.17, 15) is 0 Å². The topological polar surface area (TPSA) is 24.7 Å². The van der Waals surface area contributed by atoms with Crippen molar-refractivity contribution in [1.82, 2.24) is 0 Å². The smallest absolute Gasteiger partial charge is 0.117 e. The Balaban J connectivity index is 2.29. The van der Waals surface area contributed by atoms with Crippen molar-refractivity contribution in [1.29, 1.82) is 0 Å². The van der Waals surface area contributed by atoms with E-state index in [0.717, 1.165) is 12.1 Å². The van der Waals surface area contributed by atoms with Gasteiger partial charge in [-0.25, -0.2) is 0 Å². The van der Waals surface area contributed by atoms with Crippen molar-refractivity contribution in [2.75, 3.05) is 0 Å². The average molecular weight is 184 g/mol. The summed E-state index contributed by atoms with van der Waals surface area (Å²) in [5.41, 5.74) is 5.27. The Kier molecular flexibility index (Phi) is 2.57. The molecule has 0 fully saturated rings. The molecule has 0 amide bonds. The van der Waals surface area contributed by atoms with Crippen molar-refractivity contribution in [3.05, 3.63) is 41.3 Å². The van der Waals surface area contributed by atoms with Gasteiger partial charge < -0.3 is 0 Å². The minimum absolute atomic E-state index is 0.0395. The van der Waals surface area contributed by atoms with Crippen molar-refractivity contribution in [3.8, 4) is 0 Å². The third-order valence-corrected chi connectivity index (χ3v) is 2.14. The van der Waals surface area contributed by atoms with Crippen LogP contribution in [0, 0.1) is 0 Å². The van der Waals surface area contributed by atoms with Gasteiger partial charge in [0.2, 0.25) is 0 Å². The number of allylic oxidation sites excluding steroid dienone is 3. The maximum atomic E-state index is 4.38. The SMILES string of the molecule is CC1=CCC=NC(C2C=C=CC=N2)=C1. The summed E-state index contributed by atoms with van der Waals surface area (Å²) in [6, 6.07) is 0.0395. The molecule has 0 bridgehead atoms. The quantitative estimate of drug-likeness (QED) is 0.559. The molecule has 0 aliphatic carbocycles. The van der Waals surface area contributed by atoms with E-state index in [1.54, 1.807) is 12.3 Å². The highest BCUT2D eigenvalue weighted by atomic mass is 14.9. The maximum Gasteiger partial charge on any atom is 0.117 e. The number of nitrogens with zero attached hydrogens (tertiary/aromatic N) is 2. The molecule has 0 saturated carbocycles. The van der Waals surface area contributed by atoms with Crippen LogP contribution in [0.5, 0.6) is 0 Å². The van der Waals surface area contributed by atoms with Gasteiger partial charge in [0.25, 0.3) is 0 Å². The predicted molar refractivity (Wildman–Crippen MR) is 59.9 cm³/mol. The van der Waals surface area contributed by atoms with Gasteiger partial charge in [0.05, 0.1) is 5.70 Å². The van der Waals surface area contributed by atoms with E-state index < -0.39 is 0 Å². The summed E-state index contributed by atoms with van der Waals surface area (Å²) in [6.07, 6.45) is 12.6. The zero-order valence-corrected chi connectivity index (χ0v) is 8.14. The van der Waals surface area contributed by atoms with Crippen LogP contribution >= 0.6 is 0 Å². The summed E-state index contributed by atoms with van der Waals surface area (Å²) in [7, 11) is 0. The normalized spacial score (nSPS) is 24.5. The minimum Gasteiger partial charge on any atom is -0.278 e. The lowest BCUT2D eigenvalue weighted by Crippen LogP contribution is -2.04. The fourth-order valence-corrected chi connectivity index (χ4v) is 1.42. The number of hydrogen-bond donors (Lipinski definition) is 0. The van der Waals surface area contributed by atoms with E-state index in [1.165, 1.54) is 5.57 Å². The van der Waals surface area contributed by atoms with Crippen LogP contribution in [0.2, 0.25) is 0 Å². The summed E-state index contributed by atoms with van der Waals surface area (Å²) in [5, 5.41) is 0. The standard InChI is InChI=1S/C12H12N2/c1-10-5-4-8-14-12(9-10)11-6-2-3-7-13-11/h3,5-9,11H,4H2,1H3. The van der Waals surface area contributed by atoms with Crippen molar-refractivity contribution < 1.29 is 0 Å². The third kappa shape index (κ3) is 1.98. The highest BCUT2D eigenvalue weighted by Gasteiger charge is 2.09. The van der Waals surface area contributed by atoms with Gasteiger partial charge >= 0.3 is 0 Å². The van der Waals surface area contributed by atoms with E-state index in [1.807, 2.05) is 12.3 Å². The van der Waals surface area contributed by atoms with E-state index in [0.29, 0.717) is 0 Å². The van der Waals surface area contributed by atoms with Gasteiger partial charge in [0, 0.05) is 18.9 Å². The first-order valence-corrected chi connectivity index (χ1v) is 4.71. The second-order valence-corrected chi connectivity index (χ2v) is 3.31. The number of aliphatic imine (C=N–C) groups is 2. The lowest BCUT2D eigenvalue weighted by atomic mass is 10.1. The molecule has 0 spiro atoms. The molecule has 2 rings (SSSR count). The molecule has 0 N–H and O–H groups in total. The molecule has 0 aromatic heterocycles. The summed E-state index contributed by atoms with van der Waals surface area (Å²) in [5.74, 6) is 0. The lowest BCUT2D eigenvalue weighted by molar-refractivity contribution is 0.935. The molecule has 0 aromatic carbocycles. The Labute approximate surface area is 83.8 Å². The monoisotopic (exact) mass is 184 g/mol. The summed E-state index contributed by atoms with van der Waals surface area (Å²) >= 11 is 0. The van der Waals surface area contributed by atoms with Crippen molar-refractivity contribution in [2.24, 2.45) is 9.98 Å². The van der Waals surface area contributed by atoms with Gasteiger partial charge in [-0.1, -0.05) is 11.6 Å². The Hall–Kier alpha value is -1.66. The summed E-state index contributed by atoms with van der Waals surface area (Å²) < 4.78 is 0. The minimum atomic E-state index is 0.0395. The van der Waals surface area contributed by atoms with Crippen molar-refractivity contribution in [3.63, 3.8) is 0 Å². The van der Waals surface area contributed by atoms with Crippen LogP contribution in [-0.2, 0) is 0 Å². The molecule has 0 aromatic rings. The molecule has 2 nitrogen and oxygen atoms in total. The second-order valence-electron chi connectivity index (χ2n) is 3.31. The van der Waals surface area contributed by atoms with Gasteiger partial charge in [0.15, 0.2) is 0 Å². The zero-order chi connectivity index (χ0) is 9.80. The molecule has 0 radical (unpaired) electrons. The van der Waals surface area contributed by atoms with Crippen LogP contribution in [0.1, 0.15) is 13.3 Å². The van der Waals surface area contributed by atoms with Crippen LogP contribution in [0.25, 0.3) is 0 Å².